The maximum Gasteiger partial charge on any atom is 0.139 e. The van der Waals surface area contributed by atoms with Gasteiger partial charge in [-0.2, -0.15) is 0 Å². The van der Waals surface area contributed by atoms with Crippen LogP contribution in [0.25, 0.3) is 0 Å². The van der Waals surface area contributed by atoms with Gasteiger partial charge in [0.25, 0.3) is 0 Å². The lowest BCUT2D eigenvalue weighted by molar-refractivity contribution is 0.166. The van der Waals surface area contributed by atoms with Gasteiger partial charge in [0.15, 0.2) is 0 Å². The minimum Gasteiger partial charge on any atom is -0.483 e. The summed E-state index contributed by atoms with van der Waals surface area (Å²) in [7, 11) is 0. The van der Waals surface area contributed by atoms with E-state index in [1.807, 2.05) is 18.2 Å². The highest BCUT2D eigenvalue weighted by Gasteiger charge is 2.21. The lowest BCUT2D eigenvalue weighted by atomic mass is 9.99. The molecule has 2 rings (SSSR count). The molecule has 2 atom stereocenters. The minimum absolute atomic E-state index is 0.0262. The van der Waals surface area contributed by atoms with E-state index in [1.165, 1.54) is 5.56 Å². The number of aryl methyl sites for hydroxylation is 1. The summed E-state index contributed by atoms with van der Waals surface area (Å²) < 4.78 is 6.28. The van der Waals surface area contributed by atoms with Crippen molar-refractivity contribution in [3.8, 4) is 5.75 Å². The lowest BCUT2D eigenvalue weighted by Gasteiger charge is -2.26. The first-order chi connectivity index (χ1) is 10.2. The van der Waals surface area contributed by atoms with Gasteiger partial charge in [0.05, 0.1) is 0 Å². The maximum atomic E-state index is 6.31. The van der Waals surface area contributed by atoms with Crippen molar-refractivity contribution in [1.82, 2.24) is 0 Å². The van der Waals surface area contributed by atoms with Crippen LogP contribution >= 0.6 is 11.8 Å². The molecule has 0 aliphatic rings. The molecular formula is C18H23NOS. The molecule has 0 saturated heterocycles. The summed E-state index contributed by atoms with van der Waals surface area (Å²) in [6.07, 6.45) is 2.81. The number of para-hydroxylation sites is 1. The van der Waals surface area contributed by atoms with Crippen LogP contribution in [0.2, 0.25) is 0 Å². The molecule has 0 aromatic heterocycles. The molecule has 0 heterocycles. The quantitative estimate of drug-likeness (QED) is 0.794. The molecular weight excluding hydrogens is 278 g/mol. The molecule has 2 unspecified atom stereocenters. The Bertz CT molecular complexity index is 585. The third-order valence-electron chi connectivity index (χ3n) is 3.55. The highest BCUT2D eigenvalue weighted by molar-refractivity contribution is 7.98. The first kappa shape index (κ1) is 15.9. The van der Waals surface area contributed by atoms with Crippen molar-refractivity contribution < 1.29 is 4.74 Å². The van der Waals surface area contributed by atoms with Gasteiger partial charge in [-0.15, -0.1) is 11.8 Å². The van der Waals surface area contributed by atoms with Gasteiger partial charge in [0, 0.05) is 10.9 Å². The van der Waals surface area contributed by atoms with E-state index in [0.717, 1.165) is 22.6 Å². The van der Waals surface area contributed by atoms with Gasteiger partial charge in [0.2, 0.25) is 0 Å². The van der Waals surface area contributed by atoms with Crippen molar-refractivity contribution in [3.05, 3.63) is 59.7 Å². The van der Waals surface area contributed by atoms with Crippen molar-refractivity contribution >= 4 is 11.8 Å². The molecule has 2 N–H and O–H groups in total. The van der Waals surface area contributed by atoms with Crippen molar-refractivity contribution in [2.24, 2.45) is 5.73 Å². The van der Waals surface area contributed by atoms with Gasteiger partial charge < -0.3 is 10.5 Å². The predicted octanol–water partition coefficient (Wildman–Crippen LogP) is 4.57. The van der Waals surface area contributed by atoms with Crippen LogP contribution in [0.15, 0.2) is 53.4 Å². The number of thioether (sulfide) groups is 1. The van der Waals surface area contributed by atoms with Crippen LogP contribution in [0.1, 0.15) is 30.6 Å². The Morgan fingerprint density at radius 1 is 1.14 bits per heavy atom. The number of hydrogen-bond donors (Lipinski definition) is 1. The maximum absolute atomic E-state index is 6.31. The zero-order chi connectivity index (χ0) is 15.2. The van der Waals surface area contributed by atoms with Gasteiger partial charge >= 0.3 is 0 Å². The molecule has 0 radical (unpaired) electrons. The van der Waals surface area contributed by atoms with Crippen molar-refractivity contribution in [1.29, 1.82) is 0 Å². The molecule has 3 heteroatoms. The first-order valence-electron chi connectivity index (χ1n) is 7.27. The van der Waals surface area contributed by atoms with Gasteiger partial charge in [-0.1, -0.05) is 48.9 Å². The second kappa shape index (κ2) is 7.53. The van der Waals surface area contributed by atoms with Gasteiger partial charge in [-0.05, 0) is 37.3 Å². The predicted molar refractivity (Wildman–Crippen MR) is 91.0 cm³/mol. The van der Waals surface area contributed by atoms with E-state index in [-0.39, 0.29) is 12.1 Å². The molecule has 0 saturated carbocycles. The molecule has 112 valence electrons. The molecule has 0 bridgehead atoms. The van der Waals surface area contributed by atoms with Gasteiger partial charge in [-0.3, -0.25) is 0 Å². The Hall–Kier alpha value is -1.45. The summed E-state index contributed by atoms with van der Waals surface area (Å²) in [5.41, 5.74) is 8.67. The topological polar surface area (TPSA) is 35.2 Å². The summed E-state index contributed by atoms with van der Waals surface area (Å²) in [4.78, 5) is 1.14. The van der Waals surface area contributed by atoms with Crippen molar-refractivity contribution in [2.75, 3.05) is 6.26 Å². The number of nitrogens with two attached hydrogens (primary N) is 1. The molecule has 0 spiro atoms. The van der Waals surface area contributed by atoms with Crippen molar-refractivity contribution in [3.63, 3.8) is 0 Å². The summed E-state index contributed by atoms with van der Waals surface area (Å²) >= 11 is 1.69. The third kappa shape index (κ3) is 4.02. The van der Waals surface area contributed by atoms with Crippen LogP contribution in [-0.2, 0) is 0 Å². The highest BCUT2D eigenvalue weighted by Crippen LogP contribution is 2.32. The Morgan fingerprint density at radius 2 is 1.90 bits per heavy atom. The lowest BCUT2D eigenvalue weighted by Crippen LogP contribution is -2.31. The van der Waals surface area contributed by atoms with E-state index in [4.69, 9.17) is 10.5 Å². The number of rotatable bonds is 6. The third-order valence-corrected chi connectivity index (χ3v) is 4.33. The standard InChI is InChI=1S/C18H23NOS/c1-4-15(19)18(14-9-7-8-13(2)12-14)20-16-10-5-6-11-17(16)21-3/h5-12,15,18H,4,19H2,1-3H3. The monoisotopic (exact) mass is 301 g/mol. The Balaban J connectivity index is 2.33. The highest BCUT2D eigenvalue weighted by atomic mass is 32.2. The van der Waals surface area contributed by atoms with Gasteiger partial charge in [0.1, 0.15) is 11.9 Å². The van der Waals surface area contributed by atoms with Crippen LogP contribution in [-0.4, -0.2) is 12.3 Å². The van der Waals surface area contributed by atoms with Crippen LogP contribution in [0, 0.1) is 6.92 Å². The van der Waals surface area contributed by atoms with Crippen molar-refractivity contribution in [2.45, 2.75) is 37.3 Å². The molecule has 2 nitrogen and oxygen atoms in total. The van der Waals surface area contributed by atoms with Crippen LogP contribution in [0.3, 0.4) is 0 Å². The van der Waals surface area contributed by atoms with E-state index in [1.54, 1.807) is 11.8 Å². The first-order valence-corrected chi connectivity index (χ1v) is 8.50. The Labute approximate surface area is 131 Å². The Kier molecular flexibility index (Phi) is 5.71. The number of ether oxygens (including phenoxy) is 1. The zero-order valence-corrected chi connectivity index (χ0v) is 13.7. The van der Waals surface area contributed by atoms with Crippen LogP contribution in [0.4, 0.5) is 0 Å². The van der Waals surface area contributed by atoms with Gasteiger partial charge in [-0.25, -0.2) is 0 Å². The summed E-state index contributed by atoms with van der Waals surface area (Å²) in [5.74, 6) is 0.903. The summed E-state index contributed by atoms with van der Waals surface area (Å²) in [5, 5.41) is 0. The minimum atomic E-state index is -0.122. The largest absolute Gasteiger partial charge is 0.483 e. The summed E-state index contributed by atoms with van der Waals surface area (Å²) in [6.45, 7) is 4.19. The SMILES string of the molecule is CCC(N)C(Oc1ccccc1SC)c1cccc(C)c1. The molecule has 2 aromatic rings. The fourth-order valence-corrected chi connectivity index (χ4v) is 2.85. The smallest absolute Gasteiger partial charge is 0.139 e. The van der Waals surface area contributed by atoms with E-state index >= 15 is 0 Å². The average Bonchev–Trinajstić information content (AvgIpc) is 2.52. The normalized spacial score (nSPS) is 13.7. The zero-order valence-electron chi connectivity index (χ0n) is 12.9. The van der Waals surface area contributed by atoms with Crippen LogP contribution < -0.4 is 10.5 Å². The van der Waals surface area contributed by atoms with E-state index in [9.17, 15) is 0 Å². The molecule has 2 aromatic carbocycles. The summed E-state index contributed by atoms with van der Waals surface area (Å²) in [6, 6.07) is 16.5. The van der Waals surface area contributed by atoms with Crippen LogP contribution in [0.5, 0.6) is 5.75 Å². The number of hydrogen-bond acceptors (Lipinski definition) is 3. The number of benzene rings is 2. The fourth-order valence-electron chi connectivity index (χ4n) is 2.32. The second-order valence-corrected chi connectivity index (χ2v) is 6.02. The molecule has 0 amide bonds. The van der Waals surface area contributed by atoms with E-state index in [2.05, 4.69) is 50.4 Å². The fraction of sp³-hybridized carbons (Fsp3) is 0.333. The molecule has 0 aliphatic heterocycles. The average molecular weight is 301 g/mol. The molecule has 21 heavy (non-hydrogen) atoms. The van der Waals surface area contributed by atoms with E-state index in [0.29, 0.717) is 0 Å². The molecule has 0 fully saturated rings. The van der Waals surface area contributed by atoms with E-state index < -0.39 is 0 Å². The second-order valence-electron chi connectivity index (χ2n) is 5.18. The Morgan fingerprint density at radius 3 is 2.57 bits per heavy atom. The molecule has 0 aliphatic carbocycles.